The van der Waals surface area contributed by atoms with Crippen LogP contribution >= 0.6 is 24.0 Å². The van der Waals surface area contributed by atoms with E-state index in [1.165, 1.54) is 55.9 Å². The Morgan fingerprint density at radius 2 is 1.89 bits per heavy atom. The van der Waals surface area contributed by atoms with Crippen LogP contribution in [0.1, 0.15) is 56.6 Å². The summed E-state index contributed by atoms with van der Waals surface area (Å²) in [4.78, 5) is 12.8. The van der Waals surface area contributed by atoms with Crippen LogP contribution in [0, 0.1) is 17.8 Å². The summed E-state index contributed by atoms with van der Waals surface area (Å²) in [7, 11) is 0. The number of ether oxygens (including phenoxy) is 1. The largest absolute Gasteiger partial charge is 0.493 e. The van der Waals surface area contributed by atoms with E-state index in [-0.39, 0.29) is 5.91 Å². The second kappa shape index (κ2) is 6.63. The van der Waals surface area contributed by atoms with Crippen LogP contribution in [0.2, 0.25) is 0 Å². The SMILES string of the molecule is CCOc1ccc(C23CC4CC(CC(C4)C2)C3)cc1/C=C1\SC(=S)NC1=O. The first kappa shape index (κ1) is 17.7. The van der Waals surface area contributed by atoms with Crippen molar-refractivity contribution < 1.29 is 9.53 Å². The van der Waals surface area contributed by atoms with E-state index in [9.17, 15) is 4.79 Å². The molecule has 0 atom stereocenters. The fourth-order valence-electron chi connectivity index (χ4n) is 6.30. The molecule has 0 spiro atoms. The zero-order valence-electron chi connectivity index (χ0n) is 15.6. The highest BCUT2D eigenvalue weighted by Crippen LogP contribution is 2.61. The number of hydrogen-bond acceptors (Lipinski definition) is 4. The smallest absolute Gasteiger partial charge is 0.263 e. The van der Waals surface area contributed by atoms with Gasteiger partial charge in [-0.05, 0) is 92.4 Å². The van der Waals surface area contributed by atoms with Crippen molar-refractivity contribution in [2.24, 2.45) is 17.8 Å². The van der Waals surface area contributed by atoms with Crippen LogP contribution in [-0.4, -0.2) is 16.8 Å². The second-order valence-corrected chi connectivity index (χ2v) is 10.5. The van der Waals surface area contributed by atoms with E-state index in [0.29, 0.717) is 21.2 Å². The van der Waals surface area contributed by atoms with Crippen LogP contribution in [0.3, 0.4) is 0 Å². The molecule has 1 aromatic carbocycles. The minimum Gasteiger partial charge on any atom is -0.493 e. The molecule has 1 saturated heterocycles. The molecule has 1 amide bonds. The monoisotopic (exact) mass is 399 g/mol. The van der Waals surface area contributed by atoms with Gasteiger partial charge >= 0.3 is 0 Å². The van der Waals surface area contributed by atoms with Crippen molar-refractivity contribution in [3.8, 4) is 5.75 Å². The number of carbonyl (C=O) groups is 1. The predicted molar refractivity (Wildman–Crippen MR) is 114 cm³/mol. The number of amides is 1. The van der Waals surface area contributed by atoms with Crippen LogP contribution in [0.5, 0.6) is 5.75 Å². The minimum absolute atomic E-state index is 0.104. The molecule has 4 saturated carbocycles. The Labute approximate surface area is 170 Å². The standard InChI is InChI=1S/C22H25NO2S2/c1-2-25-18-4-3-17(8-16(18)9-19-20(24)23-21(26)27-19)22-10-13-5-14(11-22)7-15(6-13)12-22/h3-4,8-9,13-15H,2,5-7,10-12H2,1H3,(H,23,24,26)/b19-9-. The summed E-state index contributed by atoms with van der Waals surface area (Å²) in [6.45, 7) is 2.61. The summed E-state index contributed by atoms with van der Waals surface area (Å²) in [5.74, 6) is 3.49. The quantitative estimate of drug-likeness (QED) is 0.568. The van der Waals surface area contributed by atoms with Crippen LogP contribution in [-0.2, 0) is 10.2 Å². The number of nitrogens with one attached hydrogen (secondary N) is 1. The predicted octanol–water partition coefficient (Wildman–Crippen LogP) is 5.04. The van der Waals surface area contributed by atoms with Crippen LogP contribution < -0.4 is 10.1 Å². The highest BCUT2D eigenvalue weighted by Gasteiger charge is 2.51. The molecule has 27 heavy (non-hydrogen) atoms. The van der Waals surface area contributed by atoms with Gasteiger partial charge in [0.1, 0.15) is 10.1 Å². The normalized spacial score (nSPS) is 35.7. The van der Waals surface area contributed by atoms with E-state index >= 15 is 0 Å². The molecule has 6 rings (SSSR count). The van der Waals surface area contributed by atoms with E-state index in [4.69, 9.17) is 17.0 Å². The lowest BCUT2D eigenvalue weighted by atomic mass is 9.48. The number of benzene rings is 1. The third-order valence-corrected chi connectivity index (χ3v) is 8.05. The van der Waals surface area contributed by atoms with Crippen LogP contribution in [0.15, 0.2) is 23.1 Å². The number of rotatable bonds is 4. The van der Waals surface area contributed by atoms with Gasteiger partial charge in [-0.2, -0.15) is 0 Å². The first-order chi connectivity index (χ1) is 13.0. The Hall–Kier alpha value is -1.33. The fraction of sp³-hybridized carbons (Fsp3) is 0.545. The molecule has 0 aromatic heterocycles. The van der Waals surface area contributed by atoms with Gasteiger partial charge in [0.05, 0.1) is 11.5 Å². The summed E-state index contributed by atoms with van der Waals surface area (Å²) in [6.07, 6.45) is 10.3. The van der Waals surface area contributed by atoms with Crippen molar-refractivity contribution in [1.82, 2.24) is 5.32 Å². The van der Waals surface area contributed by atoms with Gasteiger partial charge in [0.2, 0.25) is 0 Å². The van der Waals surface area contributed by atoms with Gasteiger partial charge in [0.15, 0.2) is 0 Å². The second-order valence-electron chi connectivity index (χ2n) is 8.74. The summed E-state index contributed by atoms with van der Waals surface area (Å²) < 4.78 is 6.39. The average Bonchev–Trinajstić information content (AvgIpc) is 2.92. The molecule has 3 nitrogen and oxygen atoms in total. The van der Waals surface area contributed by atoms with Crippen LogP contribution in [0.25, 0.3) is 6.08 Å². The molecule has 1 N–H and O–H groups in total. The molecule has 1 aromatic rings. The van der Waals surface area contributed by atoms with Crippen molar-refractivity contribution in [2.75, 3.05) is 6.61 Å². The molecule has 4 aliphatic carbocycles. The molecule has 5 fully saturated rings. The Morgan fingerprint density at radius 1 is 1.22 bits per heavy atom. The van der Waals surface area contributed by atoms with E-state index in [1.54, 1.807) is 0 Å². The topological polar surface area (TPSA) is 38.3 Å². The van der Waals surface area contributed by atoms with Gasteiger partial charge in [0, 0.05) is 5.56 Å². The zero-order chi connectivity index (χ0) is 18.6. The summed E-state index contributed by atoms with van der Waals surface area (Å²) >= 11 is 6.47. The van der Waals surface area contributed by atoms with Crippen molar-refractivity contribution in [3.05, 3.63) is 34.2 Å². The van der Waals surface area contributed by atoms with Gasteiger partial charge in [-0.25, -0.2) is 0 Å². The van der Waals surface area contributed by atoms with Gasteiger partial charge in [-0.15, -0.1) is 0 Å². The zero-order valence-corrected chi connectivity index (χ0v) is 17.3. The maximum atomic E-state index is 12.1. The molecule has 4 bridgehead atoms. The molecular formula is C22H25NO2S2. The lowest BCUT2D eigenvalue weighted by molar-refractivity contribution is -0.115. The lowest BCUT2D eigenvalue weighted by Crippen LogP contribution is -2.48. The minimum atomic E-state index is -0.104. The molecule has 142 valence electrons. The van der Waals surface area contributed by atoms with Gasteiger partial charge in [0.25, 0.3) is 5.91 Å². The van der Waals surface area contributed by atoms with Gasteiger partial charge in [-0.3, -0.25) is 4.79 Å². The van der Waals surface area contributed by atoms with Crippen LogP contribution in [0.4, 0.5) is 0 Å². The Bertz CT molecular complexity index is 809. The molecule has 1 aliphatic heterocycles. The van der Waals surface area contributed by atoms with E-state index < -0.39 is 0 Å². The number of thiocarbonyl (C=S) groups is 1. The van der Waals surface area contributed by atoms with E-state index in [0.717, 1.165) is 29.1 Å². The van der Waals surface area contributed by atoms with E-state index in [2.05, 4.69) is 23.5 Å². The number of carbonyl (C=O) groups excluding carboxylic acids is 1. The fourth-order valence-corrected chi connectivity index (χ4v) is 7.34. The van der Waals surface area contributed by atoms with Crippen molar-refractivity contribution >= 4 is 40.3 Å². The Morgan fingerprint density at radius 3 is 2.44 bits per heavy atom. The average molecular weight is 400 g/mol. The Kier molecular flexibility index (Phi) is 4.36. The number of hydrogen-bond donors (Lipinski definition) is 1. The summed E-state index contributed by atoms with van der Waals surface area (Å²) in [5, 5.41) is 2.71. The number of thioether (sulfide) groups is 1. The van der Waals surface area contributed by atoms with E-state index in [1.807, 2.05) is 13.0 Å². The molecule has 1 heterocycles. The van der Waals surface area contributed by atoms with Gasteiger partial charge in [-0.1, -0.05) is 30.0 Å². The third kappa shape index (κ3) is 3.13. The molecule has 5 aliphatic rings. The summed E-state index contributed by atoms with van der Waals surface area (Å²) in [6, 6.07) is 6.69. The summed E-state index contributed by atoms with van der Waals surface area (Å²) in [5.41, 5.74) is 2.79. The van der Waals surface area contributed by atoms with Crippen molar-refractivity contribution in [3.63, 3.8) is 0 Å². The Balaban J connectivity index is 1.54. The maximum absolute atomic E-state index is 12.1. The highest BCUT2D eigenvalue weighted by atomic mass is 32.2. The first-order valence-electron chi connectivity index (χ1n) is 10.1. The maximum Gasteiger partial charge on any atom is 0.263 e. The van der Waals surface area contributed by atoms with Crippen molar-refractivity contribution in [2.45, 2.75) is 50.9 Å². The molecular weight excluding hydrogens is 374 g/mol. The molecule has 5 heteroatoms. The molecule has 0 radical (unpaired) electrons. The lowest BCUT2D eigenvalue weighted by Gasteiger charge is -2.57. The molecule has 0 unspecified atom stereocenters. The third-order valence-electron chi connectivity index (χ3n) is 6.89. The first-order valence-corrected chi connectivity index (χ1v) is 11.3. The van der Waals surface area contributed by atoms with Crippen molar-refractivity contribution in [1.29, 1.82) is 0 Å². The highest BCUT2D eigenvalue weighted by molar-refractivity contribution is 8.26. The van der Waals surface area contributed by atoms with Gasteiger partial charge < -0.3 is 10.1 Å².